The molecule has 0 aromatic heterocycles. The van der Waals surface area contributed by atoms with Crippen LogP contribution in [0.25, 0.3) is 0 Å². The van der Waals surface area contributed by atoms with E-state index in [1.807, 2.05) is 6.92 Å². The van der Waals surface area contributed by atoms with Gasteiger partial charge in [0.15, 0.2) is 5.78 Å². The van der Waals surface area contributed by atoms with Gasteiger partial charge in [-0.1, -0.05) is 6.92 Å². The smallest absolute Gasteiger partial charge is 0.205 e. The second kappa shape index (κ2) is 5.77. The molecule has 0 bridgehead atoms. The van der Waals surface area contributed by atoms with E-state index in [4.69, 9.17) is 5.11 Å². The van der Waals surface area contributed by atoms with Gasteiger partial charge in [-0.2, -0.15) is 0 Å². The number of Topliss-reactive ketones (excluding diaryl/α,β-unsaturated/α-hetero) is 1. The summed E-state index contributed by atoms with van der Waals surface area (Å²) >= 11 is 0. The van der Waals surface area contributed by atoms with Crippen LogP contribution in [0.4, 0.5) is 0 Å². The lowest BCUT2D eigenvalue weighted by atomic mass is 9.94. The van der Waals surface area contributed by atoms with Crippen LogP contribution in [0, 0.1) is 0 Å². The number of nitrogens with zero attached hydrogens (tertiary/aromatic N) is 1. The number of ketones is 2. The van der Waals surface area contributed by atoms with Crippen LogP contribution in [-0.4, -0.2) is 41.3 Å². The maximum Gasteiger partial charge on any atom is 0.205 e. The Bertz CT molecular complexity index is 387. The number of allylic oxidation sites excluding steroid dienone is 3. The summed E-state index contributed by atoms with van der Waals surface area (Å²) in [5, 5.41) is 8.99. The lowest BCUT2D eigenvalue weighted by Gasteiger charge is -2.27. The van der Waals surface area contributed by atoms with E-state index in [-0.39, 0.29) is 18.2 Å². The monoisotopic (exact) mass is 237 g/mol. The highest BCUT2D eigenvalue weighted by Gasteiger charge is 2.26. The maximum atomic E-state index is 12.1. The Morgan fingerprint density at radius 1 is 1.18 bits per heavy atom. The Balaban J connectivity index is 3.01. The molecule has 0 saturated heterocycles. The number of hydrogen-bond acceptors (Lipinski definition) is 4. The van der Waals surface area contributed by atoms with E-state index in [2.05, 4.69) is 0 Å². The zero-order chi connectivity index (χ0) is 13.0. The fourth-order valence-electron chi connectivity index (χ4n) is 1.82. The average molecular weight is 237 g/mol. The van der Waals surface area contributed by atoms with Gasteiger partial charge in [-0.3, -0.25) is 9.59 Å². The minimum atomic E-state index is -0.115. The van der Waals surface area contributed by atoms with Crippen LogP contribution in [0.1, 0.15) is 27.2 Å². The Hall–Kier alpha value is -1.42. The van der Waals surface area contributed by atoms with Crippen molar-refractivity contribution in [2.75, 3.05) is 19.7 Å². The van der Waals surface area contributed by atoms with Crippen LogP contribution in [0.15, 0.2) is 22.9 Å². The van der Waals surface area contributed by atoms with Crippen LogP contribution in [-0.2, 0) is 9.59 Å². The standard InChI is InChI=1S/C13H19NO3/c1-4-5-14(6-7-15)11-8-12(16)9(2)10(3)13(11)17/h8,15H,4-7H2,1-3H3. The molecule has 0 aromatic rings. The summed E-state index contributed by atoms with van der Waals surface area (Å²) in [6, 6.07) is 0. The molecular weight excluding hydrogens is 218 g/mol. The van der Waals surface area contributed by atoms with Crippen LogP contribution < -0.4 is 0 Å². The Morgan fingerprint density at radius 3 is 2.35 bits per heavy atom. The van der Waals surface area contributed by atoms with Crippen LogP contribution >= 0.6 is 0 Å². The number of rotatable bonds is 5. The normalized spacial score (nSPS) is 16.4. The van der Waals surface area contributed by atoms with E-state index in [1.54, 1.807) is 18.7 Å². The summed E-state index contributed by atoms with van der Waals surface area (Å²) in [4.78, 5) is 25.5. The first-order valence-corrected chi connectivity index (χ1v) is 5.86. The molecule has 4 nitrogen and oxygen atoms in total. The second-order valence-corrected chi connectivity index (χ2v) is 4.18. The molecule has 4 heteroatoms. The molecule has 0 unspecified atom stereocenters. The van der Waals surface area contributed by atoms with Gasteiger partial charge in [0.1, 0.15) is 0 Å². The van der Waals surface area contributed by atoms with E-state index in [0.717, 1.165) is 6.42 Å². The molecule has 0 saturated carbocycles. The Morgan fingerprint density at radius 2 is 1.82 bits per heavy atom. The Labute approximate surface area is 102 Å². The van der Waals surface area contributed by atoms with Gasteiger partial charge in [0.25, 0.3) is 0 Å². The molecule has 0 aliphatic heterocycles. The van der Waals surface area contributed by atoms with E-state index in [9.17, 15) is 9.59 Å². The van der Waals surface area contributed by atoms with Crippen molar-refractivity contribution in [2.45, 2.75) is 27.2 Å². The third kappa shape index (κ3) is 2.82. The van der Waals surface area contributed by atoms with E-state index >= 15 is 0 Å². The van der Waals surface area contributed by atoms with Crippen LogP contribution in [0.5, 0.6) is 0 Å². The third-order valence-electron chi connectivity index (χ3n) is 2.98. The molecule has 94 valence electrons. The number of hydrogen-bond donors (Lipinski definition) is 1. The van der Waals surface area contributed by atoms with E-state index in [0.29, 0.717) is 29.9 Å². The molecule has 0 amide bonds. The summed E-state index contributed by atoms with van der Waals surface area (Å²) in [5.41, 5.74) is 1.43. The molecule has 1 aliphatic carbocycles. The lowest BCUT2D eigenvalue weighted by Crippen LogP contribution is -2.34. The molecule has 0 fully saturated rings. The van der Waals surface area contributed by atoms with Crippen molar-refractivity contribution in [3.63, 3.8) is 0 Å². The molecule has 0 aromatic carbocycles. The molecular formula is C13H19NO3. The maximum absolute atomic E-state index is 12.1. The first kappa shape index (κ1) is 13.6. The lowest BCUT2D eigenvalue weighted by molar-refractivity contribution is -0.117. The topological polar surface area (TPSA) is 57.6 Å². The van der Waals surface area contributed by atoms with Crippen molar-refractivity contribution in [3.05, 3.63) is 22.9 Å². The molecule has 0 atom stereocenters. The highest BCUT2D eigenvalue weighted by Crippen LogP contribution is 2.21. The minimum Gasteiger partial charge on any atom is -0.395 e. The van der Waals surface area contributed by atoms with Gasteiger partial charge in [0.2, 0.25) is 5.78 Å². The van der Waals surface area contributed by atoms with Gasteiger partial charge in [-0.15, -0.1) is 0 Å². The van der Waals surface area contributed by atoms with Crippen LogP contribution in [0.3, 0.4) is 0 Å². The van der Waals surface area contributed by atoms with Crippen molar-refractivity contribution in [1.82, 2.24) is 4.90 Å². The first-order valence-electron chi connectivity index (χ1n) is 5.86. The van der Waals surface area contributed by atoms with Gasteiger partial charge >= 0.3 is 0 Å². The molecule has 1 N–H and O–H groups in total. The fraction of sp³-hybridized carbons (Fsp3) is 0.538. The number of carbonyl (C=O) groups excluding carboxylic acids is 2. The second-order valence-electron chi connectivity index (χ2n) is 4.18. The molecule has 1 rings (SSSR count). The number of aliphatic hydroxyl groups is 1. The summed E-state index contributed by atoms with van der Waals surface area (Å²) in [7, 11) is 0. The van der Waals surface area contributed by atoms with Crippen LogP contribution in [0.2, 0.25) is 0 Å². The summed E-state index contributed by atoms with van der Waals surface area (Å²) in [6.45, 7) is 6.35. The van der Waals surface area contributed by atoms with Crippen molar-refractivity contribution in [2.24, 2.45) is 0 Å². The van der Waals surface area contributed by atoms with Gasteiger partial charge < -0.3 is 10.0 Å². The highest BCUT2D eigenvalue weighted by molar-refractivity contribution is 6.21. The largest absolute Gasteiger partial charge is 0.395 e. The van der Waals surface area contributed by atoms with E-state index < -0.39 is 0 Å². The Kier molecular flexibility index (Phi) is 4.63. The minimum absolute atomic E-state index is 0.0272. The quantitative estimate of drug-likeness (QED) is 0.726. The molecule has 0 heterocycles. The van der Waals surface area contributed by atoms with Crippen molar-refractivity contribution in [1.29, 1.82) is 0 Å². The fourth-order valence-corrected chi connectivity index (χ4v) is 1.82. The summed E-state index contributed by atoms with van der Waals surface area (Å²) < 4.78 is 0. The molecule has 0 radical (unpaired) electrons. The average Bonchev–Trinajstić information content (AvgIpc) is 2.31. The molecule has 1 aliphatic rings. The van der Waals surface area contributed by atoms with Gasteiger partial charge in [0.05, 0.1) is 12.3 Å². The molecule has 0 spiro atoms. The van der Waals surface area contributed by atoms with Crippen molar-refractivity contribution < 1.29 is 14.7 Å². The van der Waals surface area contributed by atoms with Gasteiger partial charge in [-0.25, -0.2) is 0 Å². The van der Waals surface area contributed by atoms with Crippen molar-refractivity contribution >= 4 is 11.6 Å². The third-order valence-corrected chi connectivity index (χ3v) is 2.98. The predicted octanol–water partition coefficient (Wildman–Crippen LogP) is 1.06. The highest BCUT2D eigenvalue weighted by atomic mass is 16.3. The zero-order valence-corrected chi connectivity index (χ0v) is 10.6. The van der Waals surface area contributed by atoms with Gasteiger partial charge in [0, 0.05) is 30.3 Å². The number of carbonyl (C=O) groups is 2. The number of aliphatic hydroxyl groups excluding tert-OH is 1. The van der Waals surface area contributed by atoms with Gasteiger partial charge in [-0.05, 0) is 20.3 Å². The molecule has 17 heavy (non-hydrogen) atoms. The summed E-state index contributed by atoms with van der Waals surface area (Å²) in [6.07, 6.45) is 2.25. The SMILES string of the molecule is CCCN(CCO)C1=CC(=O)C(C)=C(C)C1=O. The first-order chi connectivity index (χ1) is 8.02. The van der Waals surface area contributed by atoms with E-state index in [1.165, 1.54) is 6.08 Å². The van der Waals surface area contributed by atoms with Crippen molar-refractivity contribution in [3.8, 4) is 0 Å². The summed E-state index contributed by atoms with van der Waals surface area (Å²) in [5.74, 6) is -0.222. The predicted molar refractivity (Wildman–Crippen MR) is 65.4 cm³/mol. The zero-order valence-electron chi connectivity index (χ0n) is 10.6.